The van der Waals surface area contributed by atoms with Gasteiger partial charge in [-0.15, -0.1) is 0 Å². The zero-order chi connectivity index (χ0) is 17.1. The molecule has 0 aromatic heterocycles. The second-order valence-electron chi connectivity index (χ2n) is 4.89. The largest absolute Gasteiger partial charge is 0.0900 e. The standard InChI is InChI=1S/C18H10Cl4S2/c19-11-5-12(20)8-17(7-11)23-15-1-2-16(4-3-15)24-18-9-13(21)6-14(22)10-18/h1-10H. The molecule has 0 spiro atoms. The van der Waals surface area contributed by atoms with E-state index in [0.717, 1.165) is 19.6 Å². The highest BCUT2D eigenvalue weighted by molar-refractivity contribution is 7.99. The van der Waals surface area contributed by atoms with Crippen LogP contribution in [0.2, 0.25) is 20.1 Å². The molecule has 0 heterocycles. The number of rotatable bonds is 4. The van der Waals surface area contributed by atoms with E-state index >= 15 is 0 Å². The van der Waals surface area contributed by atoms with Crippen LogP contribution in [-0.2, 0) is 0 Å². The van der Waals surface area contributed by atoms with Gasteiger partial charge in [-0.25, -0.2) is 0 Å². The Morgan fingerprint density at radius 2 is 0.708 bits per heavy atom. The summed E-state index contributed by atoms with van der Waals surface area (Å²) in [6.07, 6.45) is 0. The van der Waals surface area contributed by atoms with E-state index in [4.69, 9.17) is 46.4 Å². The summed E-state index contributed by atoms with van der Waals surface area (Å²) in [6, 6.07) is 19.3. The molecular formula is C18H10Cl4S2. The van der Waals surface area contributed by atoms with Crippen molar-refractivity contribution in [2.75, 3.05) is 0 Å². The second kappa shape index (κ2) is 8.27. The Morgan fingerprint density at radius 3 is 1.00 bits per heavy atom. The number of halogens is 4. The van der Waals surface area contributed by atoms with Crippen molar-refractivity contribution >= 4 is 69.9 Å². The van der Waals surface area contributed by atoms with E-state index in [1.807, 2.05) is 24.3 Å². The molecule has 3 aromatic carbocycles. The van der Waals surface area contributed by atoms with Gasteiger partial charge < -0.3 is 0 Å². The molecule has 0 bridgehead atoms. The molecule has 0 aliphatic carbocycles. The fourth-order valence-electron chi connectivity index (χ4n) is 2.02. The van der Waals surface area contributed by atoms with Crippen LogP contribution in [0.15, 0.2) is 80.2 Å². The van der Waals surface area contributed by atoms with Crippen LogP contribution in [0.3, 0.4) is 0 Å². The van der Waals surface area contributed by atoms with Gasteiger partial charge >= 0.3 is 0 Å². The predicted octanol–water partition coefficient (Wildman–Crippen LogP) is 8.60. The van der Waals surface area contributed by atoms with Gasteiger partial charge in [-0.1, -0.05) is 69.9 Å². The summed E-state index contributed by atoms with van der Waals surface area (Å²) in [7, 11) is 0. The molecule has 3 rings (SSSR count). The van der Waals surface area contributed by atoms with Gasteiger partial charge in [0.25, 0.3) is 0 Å². The average molecular weight is 432 g/mol. The first-order valence-electron chi connectivity index (χ1n) is 6.86. The van der Waals surface area contributed by atoms with Crippen molar-refractivity contribution < 1.29 is 0 Å². The lowest BCUT2D eigenvalue weighted by atomic mass is 10.3. The van der Waals surface area contributed by atoms with Gasteiger partial charge in [0.2, 0.25) is 0 Å². The second-order valence-corrected chi connectivity index (χ2v) is 8.93. The van der Waals surface area contributed by atoms with Gasteiger partial charge in [-0.2, -0.15) is 0 Å². The van der Waals surface area contributed by atoms with Gasteiger partial charge in [-0.3, -0.25) is 0 Å². The summed E-state index contributed by atoms with van der Waals surface area (Å²) in [5.41, 5.74) is 0. The van der Waals surface area contributed by atoms with Crippen molar-refractivity contribution in [3.63, 3.8) is 0 Å². The van der Waals surface area contributed by atoms with Gasteiger partial charge in [0.05, 0.1) is 0 Å². The van der Waals surface area contributed by atoms with Crippen molar-refractivity contribution in [3.05, 3.63) is 80.8 Å². The topological polar surface area (TPSA) is 0 Å². The van der Waals surface area contributed by atoms with Crippen LogP contribution < -0.4 is 0 Å². The third-order valence-corrected chi connectivity index (χ3v) is 5.80. The quantitative estimate of drug-likeness (QED) is 0.405. The van der Waals surface area contributed by atoms with E-state index in [9.17, 15) is 0 Å². The fraction of sp³-hybridized carbons (Fsp3) is 0. The van der Waals surface area contributed by atoms with Crippen LogP contribution in [0.25, 0.3) is 0 Å². The lowest BCUT2D eigenvalue weighted by Crippen LogP contribution is -1.78. The van der Waals surface area contributed by atoms with Gasteiger partial charge in [0.1, 0.15) is 0 Å². The molecule has 0 unspecified atom stereocenters. The zero-order valence-electron chi connectivity index (χ0n) is 12.1. The third-order valence-electron chi connectivity index (χ3n) is 2.97. The minimum atomic E-state index is 0.634. The molecule has 0 nitrogen and oxygen atoms in total. The van der Waals surface area contributed by atoms with Crippen molar-refractivity contribution in [3.8, 4) is 0 Å². The normalized spacial score (nSPS) is 10.8. The van der Waals surface area contributed by atoms with Crippen LogP contribution in [0.1, 0.15) is 0 Å². The highest BCUT2D eigenvalue weighted by Gasteiger charge is 2.04. The van der Waals surface area contributed by atoms with Crippen molar-refractivity contribution in [2.45, 2.75) is 19.6 Å². The predicted molar refractivity (Wildman–Crippen MR) is 108 cm³/mol. The van der Waals surface area contributed by atoms with Crippen LogP contribution >= 0.6 is 69.9 Å². The molecule has 0 radical (unpaired) electrons. The Bertz CT molecular complexity index is 750. The number of benzene rings is 3. The van der Waals surface area contributed by atoms with E-state index in [0.29, 0.717) is 20.1 Å². The highest BCUT2D eigenvalue weighted by Crippen LogP contribution is 2.35. The summed E-state index contributed by atoms with van der Waals surface area (Å²) >= 11 is 27.4. The van der Waals surface area contributed by atoms with Crippen molar-refractivity contribution in [1.82, 2.24) is 0 Å². The smallest absolute Gasteiger partial charge is 0.0432 e. The molecule has 0 atom stereocenters. The third kappa shape index (κ3) is 5.26. The van der Waals surface area contributed by atoms with Crippen LogP contribution in [0.5, 0.6) is 0 Å². The molecule has 0 saturated carbocycles. The van der Waals surface area contributed by atoms with E-state index < -0.39 is 0 Å². The molecule has 0 N–H and O–H groups in total. The monoisotopic (exact) mass is 430 g/mol. The van der Waals surface area contributed by atoms with E-state index in [-0.39, 0.29) is 0 Å². The zero-order valence-corrected chi connectivity index (χ0v) is 16.8. The maximum Gasteiger partial charge on any atom is 0.0432 e. The summed E-state index contributed by atoms with van der Waals surface area (Å²) < 4.78 is 0. The maximum absolute atomic E-state index is 6.03. The molecule has 6 heteroatoms. The van der Waals surface area contributed by atoms with Gasteiger partial charge in [0.15, 0.2) is 0 Å². The minimum absolute atomic E-state index is 0.634. The summed E-state index contributed by atoms with van der Waals surface area (Å²) in [5, 5.41) is 2.54. The molecule has 0 amide bonds. The lowest BCUT2D eigenvalue weighted by Gasteiger charge is -2.06. The van der Waals surface area contributed by atoms with Crippen LogP contribution in [0, 0.1) is 0 Å². The van der Waals surface area contributed by atoms with Crippen LogP contribution in [0.4, 0.5) is 0 Å². The lowest BCUT2D eigenvalue weighted by molar-refractivity contribution is 1.33. The molecule has 0 aliphatic heterocycles. The Hall–Kier alpha value is -0.480. The Morgan fingerprint density at radius 1 is 0.417 bits per heavy atom. The molecule has 0 saturated heterocycles. The van der Waals surface area contributed by atoms with E-state index in [1.165, 1.54) is 0 Å². The fourth-order valence-corrected chi connectivity index (χ4v) is 5.17. The van der Waals surface area contributed by atoms with E-state index in [1.54, 1.807) is 35.7 Å². The summed E-state index contributed by atoms with van der Waals surface area (Å²) in [6.45, 7) is 0. The molecule has 3 aromatic rings. The molecule has 0 aliphatic rings. The highest BCUT2D eigenvalue weighted by atomic mass is 35.5. The van der Waals surface area contributed by atoms with E-state index in [2.05, 4.69) is 24.3 Å². The molecule has 122 valence electrons. The number of hydrogen-bond donors (Lipinski definition) is 0. The van der Waals surface area contributed by atoms with Crippen LogP contribution in [-0.4, -0.2) is 0 Å². The van der Waals surface area contributed by atoms with Crippen molar-refractivity contribution in [1.29, 1.82) is 0 Å². The Balaban J connectivity index is 1.73. The summed E-state index contributed by atoms with van der Waals surface area (Å²) in [4.78, 5) is 4.24. The molecule has 0 fully saturated rings. The maximum atomic E-state index is 6.03. The SMILES string of the molecule is Clc1cc(Cl)cc(Sc2ccc(Sc3cc(Cl)cc(Cl)c3)cc2)c1. The molecule has 24 heavy (non-hydrogen) atoms. The minimum Gasteiger partial charge on any atom is -0.0900 e. The Labute approximate surface area is 169 Å². The van der Waals surface area contributed by atoms with Gasteiger partial charge in [0, 0.05) is 39.7 Å². The Kier molecular flexibility index (Phi) is 6.31. The molecular weight excluding hydrogens is 422 g/mol. The average Bonchev–Trinajstić information content (AvgIpc) is 2.47. The first-order chi connectivity index (χ1) is 11.5. The number of hydrogen-bond acceptors (Lipinski definition) is 2. The summed E-state index contributed by atoms with van der Waals surface area (Å²) in [5.74, 6) is 0. The first kappa shape index (κ1) is 18.3. The first-order valence-corrected chi connectivity index (χ1v) is 10.0. The van der Waals surface area contributed by atoms with Gasteiger partial charge in [-0.05, 0) is 60.7 Å². The van der Waals surface area contributed by atoms with Crippen molar-refractivity contribution in [2.24, 2.45) is 0 Å².